The third-order valence-corrected chi connectivity index (χ3v) is 3.09. The summed E-state index contributed by atoms with van der Waals surface area (Å²) < 4.78 is 0. The molecule has 1 unspecified atom stereocenters. The van der Waals surface area contributed by atoms with Gasteiger partial charge in [-0.05, 0) is 50.5 Å². The van der Waals surface area contributed by atoms with Gasteiger partial charge in [0.1, 0.15) is 0 Å². The smallest absolute Gasteiger partial charge is 0.0375 e. The standard InChI is InChI=1S/C12H19N3/c13-6-5-12(15-8-1-2-9-15)11-4-3-7-14-10-11/h3-4,7,10,12H,1-2,5-6,8-9,13H2. The number of likely N-dealkylation sites (tertiary alicyclic amines) is 1. The minimum absolute atomic E-state index is 0.478. The van der Waals surface area contributed by atoms with Gasteiger partial charge in [-0.3, -0.25) is 9.88 Å². The zero-order valence-corrected chi connectivity index (χ0v) is 9.10. The van der Waals surface area contributed by atoms with Crippen molar-refractivity contribution in [3.05, 3.63) is 30.1 Å². The molecule has 3 nitrogen and oxygen atoms in total. The van der Waals surface area contributed by atoms with Crippen LogP contribution in [0.5, 0.6) is 0 Å². The normalized spacial score (nSPS) is 19.3. The first kappa shape index (κ1) is 10.6. The van der Waals surface area contributed by atoms with Gasteiger partial charge in [0.2, 0.25) is 0 Å². The van der Waals surface area contributed by atoms with Gasteiger partial charge in [-0.1, -0.05) is 6.07 Å². The predicted octanol–water partition coefficient (Wildman–Crippen LogP) is 1.57. The number of rotatable bonds is 4. The van der Waals surface area contributed by atoms with E-state index in [1.54, 1.807) is 0 Å². The van der Waals surface area contributed by atoms with Crippen LogP contribution < -0.4 is 5.73 Å². The third-order valence-electron chi connectivity index (χ3n) is 3.09. The van der Waals surface area contributed by atoms with Crippen LogP contribution in [-0.4, -0.2) is 29.5 Å². The summed E-state index contributed by atoms with van der Waals surface area (Å²) in [5.74, 6) is 0. The van der Waals surface area contributed by atoms with Crippen LogP contribution in [0.2, 0.25) is 0 Å². The Morgan fingerprint density at radius 3 is 2.80 bits per heavy atom. The SMILES string of the molecule is NCCC(c1cccnc1)N1CCCC1. The van der Waals surface area contributed by atoms with E-state index in [1.807, 2.05) is 18.5 Å². The highest BCUT2D eigenvalue weighted by Gasteiger charge is 2.22. The van der Waals surface area contributed by atoms with Gasteiger partial charge in [0.05, 0.1) is 0 Å². The molecule has 1 saturated heterocycles. The molecule has 0 aromatic carbocycles. The largest absolute Gasteiger partial charge is 0.330 e. The molecule has 2 rings (SSSR count). The Bertz CT molecular complexity index is 280. The monoisotopic (exact) mass is 205 g/mol. The number of hydrogen-bond acceptors (Lipinski definition) is 3. The van der Waals surface area contributed by atoms with Crippen molar-refractivity contribution in [1.82, 2.24) is 9.88 Å². The van der Waals surface area contributed by atoms with Crippen LogP contribution in [0.3, 0.4) is 0 Å². The van der Waals surface area contributed by atoms with E-state index in [0.29, 0.717) is 6.04 Å². The molecule has 2 heterocycles. The van der Waals surface area contributed by atoms with Crippen molar-refractivity contribution in [3.8, 4) is 0 Å². The summed E-state index contributed by atoms with van der Waals surface area (Å²) in [6.07, 6.45) is 7.47. The molecule has 0 amide bonds. The maximum absolute atomic E-state index is 5.69. The lowest BCUT2D eigenvalue weighted by Crippen LogP contribution is -2.27. The van der Waals surface area contributed by atoms with E-state index >= 15 is 0 Å². The van der Waals surface area contributed by atoms with Crippen LogP contribution in [0.15, 0.2) is 24.5 Å². The number of nitrogens with two attached hydrogens (primary N) is 1. The van der Waals surface area contributed by atoms with E-state index in [0.717, 1.165) is 13.0 Å². The molecule has 15 heavy (non-hydrogen) atoms. The molecule has 0 bridgehead atoms. The van der Waals surface area contributed by atoms with Gasteiger partial charge in [0.25, 0.3) is 0 Å². The van der Waals surface area contributed by atoms with Gasteiger partial charge < -0.3 is 5.73 Å². The van der Waals surface area contributed by atoms with E-state index in [4.69, 9.17) is 5.73 Å². The Labute approximate surface area is 91.3 Å². The van der Waals surface area contributed by atoms with Crippen molar-refractivity contribution < 1.29 is 0 Å². The first-order chi connectivity index (χ1) is 7.42. The molecular formula is C12H19N3. The summed E-state index contributed by atoms with van der Waals surface area (Å²) in [5.41, 5.74) is 7.00. The van der Waals surface area contributed by atoms with E-state index in [9.17, 15) is 0 Å². The summed E-state index contributed by atoms with van der Waals surface area (Å²) >= 11 is 0. The molecule has 1 atom stereocenters. The Hall–Kier alpha value is -0.930. The Morgan fingerprint density at radius 1 is 1.40 bits per heavy atom. The average molecular weight is 205 g/mol. The first-order valence-electron chi connectivity index (χ1n) is 5.76. The fourth-order valence-electron chi connectivity index (χ4n) is 2.34. The summed E-state index contributed by atoms with van der Waals surface area (Å²) in [5, 5.41) is 0. The number of aromatic nitrogens is 1. The molecule has 0 radical (unpaired) electrons. The molecule has 0 saturated carbocycles. The van der Waals surface area contributed by atoms with E-state index in [2.05, 4.69) is 16.0 Å². The molecule has 3 heteroatoms. The molecule has 1 aliphatic heterocycles. The Morgan fingerprint density at radius 2 is 2.20 bits per heavy atom. The van der Waals surface area contributed by atoms with Gasteiger partial charge >= 0.3 is 0 Å². The lowest BCUT2D eigenvalue weighted by molar-refractivity contribution is 0.235. The third kappa shape index (κ3) is 2.55. The molecule has 1 aromatic rings. The summed E-state index contributed by atoms with van der Waals surface area (Å²) in [4.78, 5) is 6.72. The van der Waals surface area contributed by atoms with Crippen LogP contribution in [0.25, 0.3) is 0 Å². The number of nitrogens with zero attached hydrogens (tertiary/aromatic N) is 2. The van der Waals surface area contributed by atoms with Crippen LogP contribution >= 0.6 is 0 Å². The van der Waals surface area contributed by atoms with Crippen molar-refractivity contribution in [2.24, 2.45) is 5.73 Å². The number of pyridine rings is 1. The van der Waals surface area contributed by atoms with Crippen molar-refractivity contribution in [3.63, 3.8) is 0 Å². The summed E-state index contributed by atoms with van der Waals surface area (Å²) in [6.45, 7) is 3.16. The number of hydrogen-bond donors (Lipinski definition) is 1. The summed E-state index contributed by atoms with van der Waals surface area (Å²) in [7, 11) is 0. The predicted molar refractivity (Wildman–Crippen MR) is 61.5 cm³/mol. The van der Waals surface area contributed by atoms with Gasteiger partial charge in [-0.15, -0.1) is 0 Å². The maximum Gasteiger partial charge on any atom is 0.0375 e. The van der Waals surface area contributed by atoms with Gasteiger partial charge in [0.15, 0.2) is 0 Å². The van der Waals surface area contributed by atoms with Crippen molar-refractivity contribution >= 4 is 0 Å². The van der Waals surface area contributed by atoms with Crippen LogP contribution in [0.4, 0.5) is 0 Å². The van der Waals surface area contributed by atoms with Crippen LogP contribution in [-0.2, 0) is 0 Å². The maximum atomic E-state index is 5.69. The molecule has 0 spiro atoms. The lowest BCUT2D eigenvalue weighted by atomic mass is 10.0. The second-order valence-electron chi connectivity index (χ2n) is 4.12. The molecule has 0 aliphatic carbocycles. The van der Waals surface area contributed by atoms with E-state index in [-0.39, 0.29) is 0 Å². The molecule has 82 valence electrons. The summed E-state index contributed by atoms with van der Waals surface area (Å²) in [6, 6.07) is 4.65. The van der Waals surface area contributed by atoms with E-state index < -0.39 is 0 Å². The molecule has 1 aliphatic rings. The second-order valence-corrected chi connectivity index (χ2v) is 4.12. The molecule has 1 fully saturated rings. The molecule has 1 aromatic heterocycles. The first-order valence-corrected chi connectivity index (χ1v) is 5.76. The lowest BCUT2D eigenvalue weighted by Gasteiger charge is -2.27. The topological polar surface area (TPSA) is 42.1 Å². The highest BCUT2D eigenvalue weighted by Crippen LogP contribution is 2.26. The molecular weight excluding hydrogens is 186 g/mol. The molecule has 2 N–H and O–H groups in total. The fourth-order valence-corrected chi connectivity index (χ4v) is 2.34. The fraction of sp³-hybridized carbons (Fsp3) is 0.583. The van der Waals surface area contributed by atoms with E-state index in [1.165, 1.54) is 31.5 Å². The quantitative estimate of drug-likeness (QED) is 0.811. The Balaban J connectivity index is 2.11. The average Bonchev–Trinajstić information content (AvgIpc) is 2.80. The van der Waals surface area contributed by atoms with Crippen LogP contribution in [0.1, 0.15) is 30.9 Å². The van der Waals surface area contributed by atoms with Gasteiger partial charge in [-0.2, -0.15) is 0 Å². The van der Waals surface area contributed by atoms with Crippen molar-refractivity contribution in [2.75, 3.05) is 19.6 Å². The van der Waals surface area contributed by atoms with Gasteiger partial charge in [0, 0.05) is 18.4 Å². The Kier molecular flexibility index (Phi) is 3.69. The van der Waals surface area contributed by atoms with Crippen molar-refractivity contribution in [1.29, 1.82) is 0 Å². The van der Waals surface area contributed by atoms with Crippen LogP contribution in [0, 0.1) is 0 Å². The highest BCUT2D eigenvalue weighted by atomic mass is 15.2. The minimum Gasteiger partial charge on any atom is -0.330 e. The zero-order valence-electron chi connectivity index (χ0n) is 9.10. The van der Waals surface area contributed by atoms with Gasteiger partial charge in [-0.25, -0.2) is 0 Å². The minimum atomic E-state index is 0.478. The zero-order chi connectivity index (χ0) is 10.5. The highest BCUT2D eigenvalue weighted by molar-refractivity contribution is 5.14. The van der Waals surface area contributed by atoms with Crippen molar-refractivity contribution in [2.45, 2.75) is 25.3 Å². The second kappa shape index (κ2) is 5.24.